The van der Waals surface area contributed by atoms with Gasteiger partial charge in [0.2, 0.25) is 11.8 Å². The molecule has 0 bridgehead atoms. The molecule has 1 aliphatic carbocycles. The van der Waals surface area contributed by atoms with E-state index in [-0.39, 0.29) is 42.2 Å². The summed E-state index contributed by atoms with van der Waals surface area (Å²) in [4.78, 5) is 32.4. The van der Waals surface area contributed by atoms with E-state index >= 15 is 0 Å². The first-order chi connectivity index (χ1) is 17.3. The van der Waals surface area contributed by atoms with Gasteiger partial charge in [0.25, 0.3) is 0 Å². The molecular formula is C29H30Cl2N2O2S. The average molecular weight is 542 g/mol. The molecule has 5 rings (SSSR count). The molecule has 7 heteroatoms. The molecule has 2 aliphatic rings. The zero-order valence-corrected chi connectivity index (χ0v) is 22.8. The zero-order chi connectivity index (χ0) is 25.4. The second kappa shape index (κ2) is 10.6. The van der Waals surface area contributed by atoms with E-state index in [9.17, 15) is 9.59 Å². The Hall–Kier alpha value is -2.34. The summed E-state index contributed by atoms with van der Waals surface area (Å²) in [7, 11) is 0. The summed E-state index contributed by atoms with van der Waals surface area (Å²) >= 11 is 14.5. The second-order valence-corrected chi connectivity index (χ2v) is 12.0. The van der Waals surface area contributed by atoms with E-state index in [4.69, 9.17) is 23.2 Å². The van der Waals surface area contributed by atoms with E-state index in [0.717, 1.165) is 24.0 Å². The first-order valence-electron chi connectivity index (χ1n) is 12.5. The highest BCUT2D eigenvalue weighted by Crippen LogP contribution is 2.48. The highest BCUT2D eigenvalue weighted by molar-refractivity contribution is 7.10. The molecule has 4 nitrogen and oxygen atoms in total. The van der Waals surface area contributed by atoms with Gasteiger partial charge in [-0.3, -0.25) is 9.59 Å². The molecule has 0 spiro atoms. The average Bonchev–Trinajstić information content (AvgIpc) is 3.51. The van der Waals surface area contributed by atoms with Gasteiger partial charge < -0.3 is 9.80 Å². The lowest BCUT2D eigenvalue weighted by Gasteiger charge is -2.38. The van der Waals surface area contributed by atoms with Crippen molar-refractivity contribution < 1.29 is 9.59 Å². The Morgan fingerprint density at radius 3 is 2.58 bits per heavy atom. The number of nitrogens with zero attached hydrogens (tertiary/aromatic N) is 2. The Kier molecular flexibility index (Phi) is 7.43. The maximum Gasteiger partial charge on any atom is 0.242 e. The highest BCUT2D eigenvalue weighted by atomic mass is 35.5. The van der Waals surface area contributed by atoms with Gasteiger partial charge >= 0.3 is 0 Å². The maximum atomic E-state index is 13.8. The number of carbonyl (C=O) groups excluding carboxylic acids is 2. The third kappa shape index (κ3) is 5.20. The first kappa shape index (κ1) is 25.3. The Labute approximate surface area is 226 Å². The van der Waals surface area contributed by atoms with Gasteiger partial charge in [-0.15, -0.1) is 11.3 Å². The minimum atomic E-state index is -0.286. The quantitative estimate of drug-likeness (QED) is 0.330. The van der Waals surface area contributed by atoms with Crippen molar-refractivity contribution in [1.29, 1.82) is 0 Å². The minimum Gasteiger partial charge on any atom is -0.333 e. The zero-order valence-electron chi connectivity index (χ0n) is 20.5. The summed E-state index contributed by atoms with van der Waals surface area (Å²) in [5, 5.41) is 3.18. The molecule has 3 aromatic rings. The van der Waals surface area contributed by atoms with Crippen LogP contribution in [0.5, 0.6) is 0 Å². The van der Waals surface area contributed by atoms with Gasteiger partial charge in [0.1, 0.15) is 0 Å². The van der Waals surface area contributed by atoms with Crippen molar-refractivity contribution in [3.05, 3.63) is 91.6 Å². The molecule has 2 amide bonds. The third-order valence-corrected chi connectivity index (χ3v) is 8.66. The number of benzene rings is 2. The van der Waals surface area contributed by atoms with E-state index in [2.05, 4.69) is 37.4 Å². The molecular weight excluding hydrogens is 511 g/mol. The SMILES string of the molecule is CC(C)CN(CC(=O)N1CCc2sccc2C1c1ccc(Cl)cc1Cl)C(=O)C1C[C@H]1c1ccccc1. The fourth-order valence-corrected chi connectivity index (χ4v) is 6.76. The van der Waals surface area contributed by atoms with Gasteiger partial charge in [-0.05, 0) is 64.9 Å². The predicted octanol–water partition coefficient (Wildman–Crippen LogP) is 6.82. The van der Waals surface area contributed by atoms with Crippen molar-refractivity contribution in [2.24, 2.45) is 11.8 Å². The Morgan fingerprint density at radius 1 is 1.08 bits per heavy atom. The van der Waals surface area contributed by atoms with Crippen LogP contribution in [-0.2, 0) is 16.0 Å². The smallest absolute Gasteiger partial charge is 0.242 e. The van der Waals surface area contributed by atoms with Gasteiger partial charge in [0.15, 0.2) is 0 Å². The molecule has 0 N–H and O–H groups in total. The summed E-state index contributed by atoms with van der Waals surface area (Å²) in [5.74, 6) is 0.494. The van der Waals surface area contributed by atoms with Gasteiger partial charge in [-0.1, -0.05) is 73.4 Å². The molecule has 1 aliphatic heterocycles. The fraction of sp³-hybridized carbons (Fsp3) is 0.379. The Morgan fingerprint density at radius 2 is 1.86 bits per heavy atom. The van der Waals surface area contributed by atoms with E-state index in [1.54, 1.807) is 22.3 Å². The van der Waals surface area contributed by atoms with Crippen LogP contribution in [0.15, 0.2) is 60.0 Å². The number of amides is 2. The molecule has 2 unspecified atom stereocenters. The number of fused-ring (bicyclic) bond motifs is 1. The topological polar surface area (TPSA) is 40.6 Å². The van der Waals surface area contributed by atoms with Crippen LogP contribution >= 0.6 is 34.5 Å². The lowest BCUT2D eigenvalue weighted by Crippen LogP contribution is -2.48. The highest BCUT2D eigenvalue weighted by Gasteiger charge is 2.46. The molecule has 3 atom stereocenters. The van der Waals surface area contributed by atoms with Crippen LogP contribution < -0.4 is 0 Å². The summed E-state index contributed by atoms with van der Waals surface area (Å²) in [6.45, 7) is 5.40. The predicted molar refractivity (Wildman–Crippen MR) is 147 cm³/mol. The number of halogens is 2. The van der Waals surface area contributed by atoms with Crippen molar-refractivity contribution in [3.63, 3.8) is 0 Å². The number of carbonyl (C=O) groups is 2. The third-order valence-electron chi connectivity index (χ3n) is 7.10. The van der Waals surface area contributed by atoms with Crippen LogP contribution in [0.1, 0.15) is 53.8 Å². The number of rotatable bonds is 7. The number of thiophene rings is 1. The van der Waals surface area contributed by atoms with Crippen molar-refractivity contribution >= 4 is 46.4 Å². The molecule has 1 saturated carbocycles. The second-order valence-electron chi connectivity index (χ2n) is 10.2. The lowest BCUT2D eigenvalue weighted by atomic mass is 9.93. The molecule has 36 heavy (non-hydrogen) atoms. The van der Waals surface area contributed by atoms with Crippen LogP contribution in [0.4, 0.5) is 0 Å². The van der Waals surface area contributed by atoms with Crippen molar-refractivity contribution in [1.82, 2.24) is 9.80 Å². The summed E-state index contributed by atoms with van der Waals surface area (Å²) < 4.78 is 0. The molecule has 0 saturated heterocycles. The summed E-state index contributed by atoms with van der Waals surface area (Å²) in [6.07, 6.45) is 1.65. The first-order valence-corrected chi connectivity index (χ1v) is 14.1. The largest absolute Gasteiger partial charge is 0.333 e. The van der Waals surface area contributed by atoms with Gasteiger partial charge in [-0.2, -0.15) is 0 Å². The van der Waals surface area contributed by atoms with Crippen LogP contribution in [0.25, 0.3) is 0 Å². The Balaban J connectivity index is 1.38. The Bertz CT molecular complexity index is 1260. The molecule has 2 heterocycles. The molecule has 2 aromatic carbocycles. The van der Waals surface area contributed by atoms with Crippen molar-refractivity contribution in [2.45, 2.75) is 38.6 Å². The monoisotopic (exact) mass is 540 g/mol. The standard InChI is InChI=1S/C29H30Cl2N2O2S/c1-18(2)16-32(29(35)24-15-23(24)19-6-4-3-5-7-19)17-27(34)33-12-10-26-22(11-13-36-26)28(33)21-9-8-20(30)14-25(21)31/h3-9,11,13-14,18,23-24,28H,10,12,15-17H2,1-2H3/t23-,24?,28?/m0/s1. The van der Waals surface area contributed by atoms with Gasteiger partial charge in [0.05, 0.1) is 12.6 Å². The van der Waals surface area contributed by atoms with Crippen LogP contribution in [0.3, 0.4) is 0 Å². The van der Waals surface area contributed by atoms with Crippen LogP contribution in [0.2, 0.25) is 10.0 Å². The molecule has 1 fully saturated rings. The number of hydrogen-bond acceptors (Lipinski definition) is 3. The molecule has 188 valence electrons. The summed E-state index contributed by atoms with van der Waals surface area (Å²) in [5.41, 5.74) is 3.17. The lowest BCUT2D eigenvalue weighted by molar-refractivity contribution is -0.142. The van der Waals surface area contributed by atoms with Crippen molar-refractivity contribution in [2.75, 3.05) is 19.6 Å². The fourth-order valence-electron chi connectivity index (χ4n) is 5.34. The van der Waals surface area contributed by atoms with E-state index in [0.29, 0.717) is 23.1 Å². The minimum absolute atomic E-state index is 0.0474. The van der Waals surface area contributed by atoms with E-state index < -0.39 is 0 Å². The van der Waals surface area contributed by atoms with E-state index in [1.807, 2.05) is 35.2 Å². The maximum absolute atomic E-state index is 13.8. The van der Waals surface area contributed by atoms with Gasteiger partial charge in [0, 0.05) is 33.9 Å². The number of hydrogen-bond donors (Lipinski definition) is 0. The molecule has 1 aromatic heterocycles. The van der Waals surface area contributed by atoms with E-state index in [1.165, 1.54) is 10.4 Å². The van der Waals surface area contributed by atoms with Crippen LogP contribution in [0, 0.1) is 11.8 Å². The van der Waals surface area contributed by atoms with Crippen LogP contribution in [-0.4, -0.2) is 41.2 Å². The van der Waals surface area contributed by atoms with Gasteiger partial charge in [-0.25, -0.2) is 0 Å². The summed E-state index contributed by atoms with van der Waals surface area (Å²) in [6, 6.07) is 17.5. The van der Waals surface area contributed by atoms with Crippen molar-refractivity contribution in [3.8, 4) is 0 Å². The molecule has 0 radical (unpaired) electrons. The normalized spacial score (nSPS) is 20.8.